The zero-order valence-corrected chi connectivity index (χ0v) is 15.8. The molecule has 0 unspecified atom stereocenters. The fourth-order valence-electron chi connectivity index (χ4n) is 4.11. The molecule has 2 amide bonds. The van der Waals surface area contributed by atoms with E-state index < -0.39 is 0 Å². The van der Waals surface area contributed by atoms with Crippen LogP contribution in [0.1, 0.15) is 64.8 Å². The molecule has 144 valence electrons. The van der Waals surface area contributed by atoms with E-state index in [1.54, 1.807) is 12.1 Å². The first-order chi connectivity index (χ1) is 13.6. The molecule has 2 N–H and O–H groups in total. The van der Waals surface area contributed by atoms with Crippen molar-refractivity contribution in [2.75, 3.05) is 6.54 Å². The molecule has 0 bridgehead atoms. The number of amides is 2. The molecule has 28 heavy (non-hydrogen) atoms. The van der Waals surface area contributed by atoms with Crippen LogP contribution in [0.5, 0.6) is 0 Å². The van der Waals surface area contributed by atoms with Gasteiger partial charge in [0.05, 0.1) is 0 Å². The largest absolute Gasteiger partial charge is 0.353 e. The number of nitrogens with one attached hydrogen (secondary N) is 2. The van der Waals surface area contributed by atoms with Crippen molar-refractivity contribution in [2.24, 2.45) is 0 Å². The molecule has 0 spiro atoms. The smallest absolute Gasteiger partial charge is 0.251 e. The number of carbonyl (C=O) groups excluding carboxylic acids is 3. The summed E-state index contributed by atoms with van der Waals surface area (Å²) in [5.74, 6) is -0.337. The van der Waals surface area contributed by atoms with E-state index in [0.29, 0.717) is 16.7 Å². The summed E-state index contributed by atoms with van der Waals surface area (Å²) >= 11 is 0. The van der Waals surface area contributed by atoms with Gasteiger partial charge in [-0.05, 0) is 36.1 Å². The Hall–Kier alpha value is -2.95. The predicted molar refractivity (Wildman–Crippen MR) is 107 cm³/mol. The average Bonchev–Trinajstić information content (AvgIpc) is 3.01. The summed E-state index contributed by atoms with van der Waals surface area (Å²) < 4.78 is 0. The summed E-state index contributed by atoms with van der Waals surface area (Å²) in [5, 5.41) is 5.83. The minimum absolute atomic E-state index is 0.0215. The predicted octanol–water partition coefficient (Wildman–Crippen LogP) is 3.47. The van der Waals surface area contributed by atoms with Crippen LogP contribution in [0.4, 0.5) is 0 Å². The van der Waals surface area contributed by atoms with Gasteiger partial charge < -0.3 is 10.6 Å². The first kappa shape index (κ1) is 18.4. The zero-order chi connectivity index (χ0) is 19.5. The number of benzene rings is 2. The SMILES string of the molecule is O=C(CCNC(=O)c1ccc2c(c1)C(=O)c1ccccc1-2)NC1CCCCC1. The van der Waals surface area contributed by atoms with Gasteiger partial charge in [0, 0.05) is 35.7 Å². The van der Waals surface area contributed by atoms with Gasteiger partial charge in [-0.3, -0.25) is 14.4 Å². The van der Waals surface area contributed by atoms with E-state index in [9.17, 15) is 14.4 Å². The van der Waals surface area contributed by atoms with E-state index in [0.717, 1.165) is 24.0 Å². The quantitative estimate of drug-likeness (QED) is 0.716. The first-order valence-electron chi connectivity index (χ1n) is 9.99. The molecule has 4 rings (SSSR count). The number of ketones is 1. The molecule has 0 atom stereocenters. The highest BCUT2D eigenvalue weighted by Gasteiger charge is 2.27. The zero-order valence-electron chi connectivity index (χ0n) is 15.8. The molecule has 1 saturated carbocycles. The molecular weight excluding hydrogens is 352 g/mol. The van der Waals surface area contributed by atoms with Crippen molar-refractivity contribution in [3.8, 4) is 11.1 Å². The van der Waals surface area contributed by atoms with E-state index in [-0.39, 0.29) is 36.6 Å². The van der Waals surface area contributed by atoms with Crippen LogP contribution in [-0.4, -0.2) is 30.2 Å². The summed E-state index contributed by atoms with van der Waals surface area (Å²) in [7, 11) is 0. The van der Waals surface area contributed by atoms with Crippen molar-refractivity contribution in [1.82, 2.24) is 10.6 Å². The van der Waals surface area contributed by atoms with Gasteiger partial charge in [0.25, 0.3) is 5.91 Å². The molecule has 5 heteroatoms. The van der Waals surface area contributed by atoms with Crippen LogP contribution < -0.4 is 10.6 Å². The van der Waals surface area contributed by atoms with Gasteiger partial charge in [0.2, 0.25) is 5.91 Å². The van der Waals surface area contributed by atoms with Crippen LogP contribution in [0.3, 0.4) is 0 Å². The van der Waals surface area contributed by atoms with E-state index in [1.165, 1.54) is 19.3 Å². The second kappa shape index (κ2) is 7.97. The first-order valence-corrected chi connectivity index (χ1v) is 9.99. The lowest BCUT2D eigenvalue weighted by Gasteiger charge is -2.22. The van der Waals surface area contributed by atoms with Gasteiger partial charge in [-0.15, -0.1) is 0 Å². The molecule has 0 aliphatic heterocycles. The summed E-state index contributed by atoms with van der Waals surface area (Å²) in [6, 6.07) is 13.0. The highest BCUT2D eigenvalue weighted by molar-refractivity contribution is 6.22. The lowest BCUT2D eigenvalue weighted by molar-refractivity contribution is -0.121. The number of hydrogen-bond donors (Lipinski definition) is 2. The Morgan fingerprint density at radius 2 is 1.61 bits per heavy atom. The molecule has 0 heterocycles. The summed E-state index contributed by atoms with van der Waals surface area (Å²) in [4.78, 5) is 37.1. The number of carbonyl (C=O) groups is 3. The number of hydrogen-bond acceptors (Lipinski definition) is 3. The van der Waals surface area contributed by atoms with Crippen molar-refractivity contribution in [3.05, 3.63) is 59.2 Å². The van der Waals surface area contributed by atoms with Crippen molar-refractivity contribution in [3.63, 3.8) is 0 Å². The topological polar surface area (TPSA) is 75.3 Å². The summed E-state index contributed by atoms with van der Waals surface area (Å²) in [5.41, 5.74) is 3.45. The van der Waals surface area contributed by atoms with Gasteiger partial charge in [-0.1, -0.05) is 49.6 Å². The molecule has 5 nitrogen and oxygen atoms in total. The molecule has 0 saturated heterocycles. The fraction of sp³-hybridized carbons (Fsp3) is 0.348. The number of rotatable bonds is 5. The highest BCUT2D eigenvalue weighted by atomic mass is 16.2. The maximum Gasteiger partial charge on any atom is 0.251 e. The van der Waals surface area contributed by atoms with E-state index in [1.807, 2.05) is 30.3 Å². The standard InChI is InChI=1S/C23H24N2O3/c26-21(25-16-6-2-1-3-7-16)12-13-24-23(28)15-10-11-18-17-8-4-5-9-19(17)22(27)20(18)14-15/h4-5,8-11,14,16H,1-3,6-7,12-13H2,(H,24,28)(H,25,26). The third-order valence-electron chi connectivity index (χ3n) is 5.60. The Morgan fingerprint density at radius 1 is 0.893 bits per heavy atom. The second-order valence-corrected chi connectivity index (χ2v) is 7.54. The Bertz CT molecular complexity index is 929. The van der Waals surface area contributed by atoms with Crippen molar-refractivity contribution >= 4 is 17.6 Å². The van der Waals surface area contributed by atoms with E-state index >= 15 is 0 Å². The van der Waals surface area contributed by atoms with Crippen molar-refractivity contribution in [2.45, 2.75) is 44.6 Å². The third-order valence-corrected chi connectivity index (χ3v) is 5.60. The monoisotopic (exact) mass is 376 g/mol. The lowest BCUT2D eigenvalue weighted by atomic mass is 9.95. The Kier molecular flexibility index (Phi) is 5.24. The summed E-state index contributed by atoms with van der Waals surface area (Å²) in [6.07, 6.45) is 5.94. The fourth-order valence-corrected chi connectivity index (χ4v) is 4.11. The minimum Gasteiger partial charge on any atom is -0.353 e. The lowest BCUT2D eigenvalue weighted by Crippen LogP contribution is -2.38. The van der Waals surface area contributed by atoms with Crippen LogP contribution in [0.2, 0.25) is 0 Å². The van der Waals surface area contributed by atoms with Gasteiger partial charge in [0.1, 0.15) is 0 Å². The van der Waals surface area contributed by atoms with Gasteiger partial charge in [0.15, 0.2) is 5.78 Å². The van der Waals surface area contributed by atoms with Crippen LogP contribution in [-0.2, 0) is 4.79 Å². The Labute approximate surface area is 164 Å². The van der Waals surface area contributed by atoms with Crippen LogP contribution >= 0.6 is 0 Å². The normalized spacial score (nSPS) is 15.6. The molecular formula is C23H24N2O3. The molecule has 2 aromatic rings. The maximum absolute atomic E-state index is 12.6. The van der Waals surface area contributed by atoms with E-state index in [4.69, 9.17) is 0 Å². The Morgan fingerprint density at radius 3 is 2.39 bits per heavy atom. The third kappa shape index (κ3) is 3.70. The van der Waals surface area contributed by atoms with E-state index in [2.05, 4.69) is 10.6 Å². The Balaban J connectivity index is 1.33. The molecule has 2 aromatic carbocycles. The molecule has 1 fully saturated rings. The van der Waals surface area contributed by atoms with Crippen molar-refractivity contribution < 1.29 is 14.4 Å². The van der Waals surface area contributed by atoms with Gasteiger partial charge >= 0.3 is 0 Å². The second-order valence-electron chi connectivity index (χ2n) is 7.54. The number of fused-ring (bicyclic) bond motifs is 3. The maximum atomic E-state index is 12.6. The molecule has 2 aliphatic rings. The minimum atomic E-state index is -0.267. The van der Waals surface area contributed by atoms with Gasteiger partial charge in [-0.25, -0.2) is 0 Å². The molecule has 0 aromatic heterocycles. The van der Waals surface area contributed by atoms with Gasteiger partial charge in [-0.2, -0.15) is 0 Å². The molecule has 2 aliphatic carbocycles. The average molecular weight is 376 g/mol. The molecule has 0 radical (unpaired) electrons. The van der Waals surface area contributed by atoms with Crippen LogP contribution in [0.25, 0.3) is 11.1 Å². The summed E-state index contributed by atoms with van der Waals surface area (Å²) in [6.45, 7) is 0.280. The van der Waals surface area contributed by atoms with Crippen molar-refractivity contribution in [1.29, 1.82) is 0 Å². The highest BCUT2D eigenvalue weighted by Crippen LogP contribution is 2.36. The van der Waals surface area contributed by atoms with Crippen LogP contribution in [0.15, 0.2) is 42.5 Å². The van der Waals surface area contributed by atoms with Crippen LogP contribution in [0, 0.1) is 0 Å².